The van der Waals surface area contributed by atoms with Crippen molar-refractivity contribution >= 4 is 11.7 Å². The molecule has 0 aliphatic carbocycles. The molecule has 1 N–H and O–H groups in total. The number of benzene rings is 1. The monoisotopic (exact) mass is 404 g/mol. The Labute approximate surface area is 171 Å². The number of halogens is 1. The van der Waals surface area contributed by atoms with E-state index in [0.717, 1.165) is 0 Å². The molecule has 158 valence electrons. The average Bonchev–Trinajstić information content (AvgIpc) is 2.69. The summed E-state index contributed by atoms with van der Waals surface area (Å²) in [6.07, 6.45) is 1.11. The summed E-state index contributed by atoms with van der Waals surface area (Å²) in [5.41, 5.74) is -0.252. The van der Waals surface area contributed by atoms with Crippen LogP contribution in [0.2, 0.25) is 0 Å². The quantitative estimate of drug-likeness (QED) is 0.701. The Bertz CT molecular complexity index is 820. The highest BCUT2D eigenvalue weighted by atomic mass is 19.1. The van der Waals surface area contributed by atoms with Crippen LogP contribution < -0.4 is 4.74 Å². The third kappa shape index (κ3) is 4.13. The molecule has 0 saturated carbocycles. The van der Waals surface area contributed by atoms with Crippen LogP contribution >= 0.6 is 0 Å². The molecule has 29 heavy (non-hydrogen) atoms. The van der Waals surface area contributed by atoms with Crippen LogP contribution in [0.4, 0.5) is 4.39 Å². The van der Waals surface area contributed by atoms with Crippen LogP contribution in [0.3, 0.4) is 0 Å². The number of aliphatic imine (C=N–C) groups is 1. The van der Waals surface area contributed by atoms with E-state index in [0.29, 0.717) is 30.5 Å². The molecule has 1 aromatic carbocycles. The van der Waals surface area contributed by atoms with Gasteiger partial charge in [-0.25, -0.2) is 4.39 Å². The van der Waals surface area contributed by atoms with E-state index in [1.165, 1.54) is 25.3 Å². The van der Waals surface area contributed by atoms with Gasteiger partial charge in [-0.15, -0.1) is 0 Å². The molecule has 1 aromatic rings. The van der Waals surface area contributed by atoms with E-state index in [-0.39, 0.29) is 11.9 Å². The standard InChI is InChI=1S/C22H29FN2O4/c1-6-9-22(21(26)27)19(10-13(2)28-4)25-14(3)17(12-24)20(22)16-8-7-15(23)11-18(16)29-5/h7-8,11,13,17,19-20H,6,9-10H2,1-5H3,(H,26,27). The Hall–Kier alpha value is -2.46. The zero-order valence-corrected chi connectivity index (χ0v) is 17.6. The Morgan fingerprint density at radius 1 is 1.45 bits per heavy atom. The lowest BCUT2D eigenvalue weighted by Gasteiger charge is -2.47. The smallest absolute Gasteiger partial charge is 0.312 e. The summed E-state index contributed by atoms with van der Waals surface area (Å²) < 4.78 is 24.6. The fraction of sp³-hybridized carbons (Fsp3) is 0.591. The number of carboxylic acids is 1. The molecule has 0 aromatic heterocycles. The number of carboxylic acid groups (broad SMARTS) is 1. The molecule has 0 amide bonds. The predicted molar refractivity (Wildman–Crippen MR) is 108 cm³/mol. The third-order valence-corrected chi connectivity index (χ3v) is 5.98. The minimum Gasteiger partial charge on any atom is -0.496 e. The zero-order valence-electron chi connectivity index (χ0n) is 17.6. The SMILES string of the molecule is CCCC1(C(=O)O)C(CC(C)OC)N=C(C)C(C#N)C1c1ccc(F)cc1OC. The highest BCUT2D eigenvalue weighted by molar-refractivity contribution is 5.92. The maximum absolute atomic E-state index is 13.8. The van der Waals surface area contributed by atoms with Crippen molar-refractivity contribution in [1.82, 2.24) is 0 Å². The van der Waals surface area contributed by atoms with Crippen LogP contribution in [0, 0.1) is 28.5 Å². The van der Waals surface area contributed by atoms with E-state index in [1.54, 1.807) is 14.0 Å². The Kier molecular flexibility index (Phi) is 7.37. The topological polar surface area (TPSA) is 91.9 Å². The second kappa shape index (κ2) is 9.36. The lowest BCUT2D eigenvalue weighted by atomic mass is 9.57. The number of nitriles is 1. The second-order valence-corrected chi connectivity index (χ2v) is 7.63. The molecule has 1 aliphatic heterocycles. The van der Waals surface area contributed by atoms with Crippen LogP contribution in [-0.4, -0.2) is 43.2 Å². The van der Waals surface area contributed by atoms with Gasteiger partial charge in [-0.3, -0.25) is 9.79 Å². The maximum atomic E-state index is 13.8. The number of methoxy groups -OCH3 is 2. The summed E-state index contributed by atoms with van der Waals surface area (Å²) in [6, 6.07) is 5.71. The molecule has 2 rings (SSSR count). The number of hydrogen-bond donors (Lipinski definition) is 1. The van der Waals surface area contributed by atoms with E-state index in [9.17, 15) is 19.6 Å². The number of hydrogen-bond acceptors (Lipinski definition) is 5. The number of aliphatic carboxylic acids is 1. The van der Waals surface area contributed by atoms with Gasteiger partial charge in [0.15, 0.2) is 0 Å². The average molecular weight is 404 g/mol. The Morgan fingerprint density at radius 2 is 2.14 bits per heavy atom. The van der Waals surface area contributed by atoms with E-state index in [1.807, 2.05) is 13.8 Å². The van der Waals surface area contributed by atoms with Gasteiger partial charge in [0.1, 0.15) is 11.6 Å². The molecule has 5 atom stereocenters. The lowest BCUT2D eigenvalue weighted by Crippen LogP contribution is -2.53. The van der Waals surface area contributed by atoms with Crippen molar-refractivity contribution in [1.29, 1.82) is 5.26 Å². The molecular weight excluding hydrogens is 375 g/mol. The van der Waals surface area contributed by atoms with Gasteiger partial charge in [0, 0.05) is 30.4 Å². The first-order valence-corrected chi connectivity index (χ1v) is 9.80. The molecule has 1 heterocycles. The summed E-state index contributed by atoms with van der Waals surface area (Å²) in [5, 5.41) is 20.4. The van der Waals surface area contributed by atoms with Crippen molar-refractivity contribution in [2.45, 2.75) is 58.1 Å². The highest BCUT2D eigenvalue weighted by Gasteiger charge is 2.58. The minimum atomic E-state index is -1.34. The molecule has 5 unspecified atom stereocenters. The van der Waals surface area contributed by atoms with Gasteiger partial charge in [0.2, 0.25) is 0 Å². The number of nitrogens with zero attached hydrogens (tertiary/aromatic N) is 2. The summed E-state index contributed by atoms with van der Waals surface area (Å²) in [5.74, 6) is -2.75. The second-order valence-electron chi connectivity index (χ2n) is 7.63. The fourth-order valence-electron chi connectivity index (χ4n) is 4.55. The van der Waals surface area contributed by atoms with E-state index in [4.69, 9.17) is 9.47 Å². The summed E-state index contributed by atoms with van der Waals surface area (Å²) in [7, 11) is 2.99. The van der Waals surface area contributed by atoms with Crippen LogP contribution in [0.1, 0.15) is 51.5 Å². The minimum absolute atomic E-state index is 0.207. The molecule has 1 aliphatic rings. The summed E-state index contributed by atoms with van der Waals surface area (Å²) >= 11 is 0. The van der Waals surface area contributed by atoms with Gasteiger partial charge in [-0.1, -0.05) is 19.4 Å². The van der Waals surface area contributed by atoms with Crippen molar-refractivity contribution in [3.8, 4) is 11.8 Å². The molecule has 7 heteroatoms. The van der Waals surface area contributed by atoms with Gasteiger partial charge in [-0.05, 0) is 32.8 Å². The fourth-order valence-corrected chi connectivity index (χ4v) is 4.55. The zero-order chi connectivity index (χ0) is 21.8. The van der Waals surface area contributed by atoms with Crippen molar-refractivity contribution in [3.63, 3.8) is 0 Å². The van der Waals surface area contributed by atoms with Crippen LogP contribution in [0.25, 0.3) is 0 Å². The van der Waals surface area contributed by atoms with E-state index >= 15 is 0 Å². The molecular formula is C22H29FN2O4. The summed E-state index contributed by atoms with van der Waals surface area (Å²) in [6.45, 7) is 5.53. The van der Waals surface area contributed by atoms with Crippen LogP contribution in [0.5, 0.6) is 5.75 Å². The van der Waals surface area contributed by atoms with Crippen molar-refractivity contribution in [2.75, 3.05) is 14.2 Å². The van der Waals surface area contributed by atoms with Gasteiger partial charge >= 0.3 is 5.97 Å². The molecule has 6 nitrogen and oxygen atoms in total. The number of carbonyl (C=O) groups is 1. The van der Waals surface area contributed by atoms with Gasteiger partial charge in [-0.2, -0.15) is 5.26 Å². The first-order chi connectivity index (χ1) is 13.8. The lowest BCUT2D eigenvalue weighted by molar-refractivity contribution is -0.154. The third-order valence-electron chi connectivity index (χ3n) is 5.98. The first kappa shape index (κ1) is 22.8. The molecule has 0 fully saturated rings. The number of ether oxygens (including phenoxy) is 2. The van der Waals surface area contributed by atoms with Crippen LogP contribution in [-0.2, 0) is 9.53 Å². The van der Waals surface area contributed by atoms with Crippen molar-refractivity contribution in [2.24, 2.45) is 16.3 Å². The predicted octanol–water partition coefficient (Wildman–Crippen LogP) is 4.20. The molecule has 0 radical (unpaired) electrons. The largest absolute Gasteiger partial charge is 0.496 e. The van der Waals surface area contributed by atoms with Crippen LogP contribution in [0.15, 0.2) is 23.2 Å². The highest BCUT2D eigenvalue weighted by Crippen LogP contribution is 2.54. The Balaban J connectivity index is 2.82. The maximum Gasteiger partial charge on any atom is 0.312 e. The van der Waals surface area contributed by atoms with Gasteiger partial charge < -0.3 is 14.6 Å². The molecule has 0 bridgehead atoms. The van der Waals surface area contributed by atoms with Crippen molar-refractivity contribution in [3.05, 3.63) is 29.6 Å². The molecule has 0 spiro atoms. The van der Waals surface area contributed by atoms with E-state index in [2.05, 4.69) is 11.1 Å². The van der Waals surface area contributed by atoms with Gasteiger partial charge in [0.25, 0.3) is 0 Å². The van der Waals surface area contributed by atoms with Gasteiger partial charge in [0.05, 0.1) is 36.7 Å². The van der Waals surface area contributed by atoms with E-state index < -0.39 is 35.1 Å². The molecule has 0 saturated heterocycles. The summed E-state index contributed by atoms with van der Waals surface area (Å²) in [4.78, 5) is 17.5. The Morgan fingerprint density at radius 3 is 2.66 bits per heavy atom. The number of rotatable bonds is 8. The van der Waals surface area contributed by atoms with Crippen molar-refractivity contribution < 1.29 is 23.8 Å². The first-order valence-electron chi connectivity index (χ1n) is 9.80. The normalized spacial score (nSPS) is 27.6.